The van der Waals surface area contributed by atoms with E-state index in [2.05, 4.69) is 45.0 Å². The number of carbonyl (C=O) groups excluding carboxylic acids is 1. The lowest BCUT2D eigenvalue weighted by molar-refractivity contribution is -0.126. The molecule has 0 aliphatic heterocycles. The van der Waals surface area contributed by atoms with E-state index in [0.717, 1.165) is 19.3 Å². The van der Waals surface area contributed by atoms with Crippen molar-refractivity contribution < 1.29 is 4.79 Å². The summed E-state index contributed by atoms with van der Waals surface area (Å²) >= 11 is 0. The molecule has 0 spiro atoms. The van der Waals surface area contributed by atoms with Gasteiger partial charge in [0.1, 0.15) is 5.54 Å². The summed E-state index contributed by atoms with van der Waals surface area (Å²) in [5.74, 6) is 0.206. The SMILES string of the molecule is CCC(C)N(C)CC(NC(C)C)(C(N)=O)C1CC1. The van der Waals surface area contributed by atoms with Crippen molar-refractivity contribution >= 4 is 5.91 Å². The van der Waals surface area contributed by atoms with Crippen LogP contribution in [0.25, 0.3) is 0 Å². The summed E-state index contributed by atoms with van der Waals surface area (Å²) in [4.78, 5) is 14.3. The molecule has 106 valence electrons. The van der Waals surface area contributed by atoms with Crippen LogP contribution >= 0.6 is 0 Å². The zero-order valence-electron chi connectivity index (χ0n) is 12.5. The molecule has 1 rings (SSSR count). The van der Waals surface area contributed by atoms with E-state index in [4.69, 9.17) is 5.73 Å². The molecule has 0 heterocycles. The van der Waals surface area contributed by atoms with Gasteiger partial charge >= 0.3 is 0 Å². The maximum atomic E-state index is 12.0. The van der Waals surface area contributed by atoms with Gasteiger partial charge in [-0.3, -0.25) is 10.1 Å². The molecular weight excluding hydrogens is 226 g/mol. The van der Waals surface area contributed by atoms with Gasteiger partial charge < -0.3 is 10.6 Å². The maximum absolute atomic E-state index is 12.0. The number of carbonyl (C=O) groups is 1. The van der Waals surface area contributed by atoms with Gasteiger partial charge in [0.25, 0.3) is 0 Å². The van der Waals surface area contributed by atoms with Crippen molar-refractivity contribution in [3.63, 3.8) is 0 Å². The smallest absolute Gasteiger partial charge is 0.239 e. The summed E-state index contributed by atoms with van der Waals surface area (Å²) < 4.78 is 0. The molecule has 0 bridgehead atoms. The highest BCUT2D eigenvalue weighted by molar-refractivity contribution is 5.86. The maximum Gasteiger partial charge on any atom is 0.239 e. The molecule has 0 aromatic heterocycles. The Morgan fingerprint density at radius 1 is 1.44 bits per heavy atom. The Morgan fingerprint density at radius 2 is 2.00 bits per heavy atom. The Morgan fingerprint density at radius 3 is 2.33 bits per heavy atom. The zero-order chi connectivity index (χ0) is 13.9. The number of rotatable bonds is 8. The molecule has 4 nitrogen and oxygen atoms in total. The highest BCUT2D eigenvalue weighted by atomic mass is 16.1. The fourth-order valence-electron chi connectivity index (χ4n) is 2.59. The van der Waals surface area contributed by atoms with E-state index < -0.39 is 5.54 Å². The summed E-state index contributed by atoms with van der Waals surface area (Å²) in [5, 5.41) is 3.45. The van der Waals surface area contributed by atoms with Crippen molar-refractivity contribution in [1.29, 1.82) is 0 Å². The second-order valence-corrected chi connectivity index (χ2v) is 6.08. The van der Waals surface area contributed by atoms with Crippen LogP contribution in [0.15, 0.2) is 0 Å². The van der Waals surface area contributed by atoms with Crippen molar-refractivity contribution in [3.8, 4) is 0 Å². The fourth-order valence-corrected chi connectivity index (χ4v) is 2.59. The number of amides is 1. The fraction of sp³-hybridized carbons (Fsp3) is 0.929. The number of hydrogen-bond donors (Lipinski definition) is 2. The Kier molecular flexibility index (Phi) is 5.17. The third kappa shape index (κ3) is 3.45. The van der Waals surface area contributed by atoms with Crippen LogP contribution in [0.5, 0.6) is 0 Å². The van der Waals surface area contributed by atoms with Crippen molar-refractivity contribution in [2.45, 2.75) is 64.6 Å². The predicted molar refractivity (Wildman–Crippen MR) is 75.3 cm³/mol. The molecule has 4 heteroatoms. The molecule has 1 amide bonds. The predicted octanol–water partition coefficient (Wildman–Crippen LogP) is 1.35. The highest BCUT2D eigenvalue weighted by Crippen LogP contribution is 2.40. The highest BCUT2D eigenvalue weighted by Gasteiger charge is 2.50. The van der Waals surface area contributed by atoms with Gasteiger partial charge in [-0.15, -0.1) is 0 Å². The van der Waals surface area contributed by atoms with Crippen LogP contribution in [0.3, 0.4) is 0 Å². The van der Waals surface area contributed by atoms with E-state index in [1.54, 1.807) is 0 Å². The van der Waals surface area contributed by atoms with Crippen LogP contribution in [0.2, 0.25) is 0 Å². The minimum atomic E-state index is -0.549. The number of nitrogens with one attached hydrogen (secondary N) is 1. The van der Waals surface area contributed by atoms with Crippen LogP contribution in [0.4, 0.5) is 0 Å². The van der Waals surface area contributed by atoms with Crippen molar-refractivity contribution in [3.05, 3.63) is 0 Å². The summed E-state index contributed by atoms with van der Waals surface area (Å²) in [6.45, 7) is 9.21. The van der Waals surface area contributed by atoms with Gasteiger partial charge in [0.05, 0.1) is 0 Å². The molecule has 0 aromatic carbocycles. The molecule has 3 N–H and O–H groups in total. The van der Waals surface area contributed by atoms with Gasteiger partial charge in [-0.25, -0.2) is 0 Å². The van der Waals surface area contributed by atoms with Gasteiger partial charge in [0.15, 0.2) is 0 Å². The molecule has 1 aliphatic carbocycles. The number of likely N-dealkylation sites (N-methyl/N-ethyl adjacent to an activating group) is 1. The first kappa shape index (κ1) is 15.4. The molecule has 1 aliphatic rings. The van der Waals surface area contributed by atoms with Crippen molar-refractivity contribution in [2.75, 3.05) is 13.6 Å². The molecule has 2 unspecified atom stereocenters. The third-order valence-corrected chi connectivity index (χ3v) is 4.10. The van der Waals surface area contributed by atoms with E-state index in [9.17, 15) is 4.79 Å². The van der Waals surface area contributed by atoms with Gasteiger partial charge in [0, 0.05) is 18.6 Å². The Labute approximate surface area is 111 Å². The van der Waals surface area contributed by atoms with Gasteiger partial charge in [-0.1, -0.05) is 6.92 Å². The molecule has 1 fully saturated rings. The largest absolute Gasteiger partial charge is 0.368 e. The number of nitrogens with two attached hydrogens (primary N) is 1. The minimum absolute atomic E-state index is 0.200. The minimum Gasteiger partial charge on any atom is -0.368 e. The molecule has 2 atom stereocenters. The zero-order valence-corrected chi connectivity index (χ0v) is 12.5. The summed E-state index contributed by atoms with van der Waals surface area (Å²) in [7, 11) is 2.08. The quantitative estimate of drug-likeness (QED) is 0.688. The molecule has 0 saturated heterocycles. The van der Waals surface area contributed by atoms with Gasteiger partial charge in [-0.05, 0) is 53.0 Å². The topological polar surface area (TPSA) is 58.4 Å². The monoisotopic (exact) mass is 255 g/mol. The lowest BCUT2D eigenvalue weighted by Gasteiger charge is -2.39. The molecule has 18 heavy (non-hydrogen) atoms. The van der Waals surface area contributed by atoms with Crippen molar-refractivity contribution in [1.82, 2.24) is 10.2 Å². The Balaban J connectivity index is 2.85. The molecule has 0 aromatic rings. The standard InChI is InChI=1S/C14H29N3O/c1-6-11(4)17(5)9-14(13(15)18,12-7-8-12)16-10(2)3/h10-12,16H,6-9H2,1-5H3,(H2,15,18). The van der Waals surface area contributed by atoms with Crippen molar-refractivity contribution in [2.24, 2.45) is 11.7 Å². The third-order valence-electron chi connectivity index (χ3n) is 4.10. The molecule has 0 radical (unpaired) electrons. The average molecular weight is 255 g/mol. The van der Waals surface area contributed by atoms with E-state index in [1.807, 2.05) is 0 Å². The summed E-state index contributed by atoms with van der Waals surface area (Å²) in [6, 6.07) is 0.736. The average Bonchev–Trinajstić information content (AvgIpc) is 3.09. The first-order valence-corrected chi connectivity index (χ1v) is 7.11. The Hall–Kier alpha value is -0.610. The second kappa shape index (κ2) is 6.02. The summed E-state index contributed by atoms with van der Waals surface area (Å²) in [5.41, 5.74) is 5.17. The normalized spacial score (nSPS) is 21.1. The lowest BCUT2D eigenvalue weighted by atomic mass is 9.90. The molecule has 1 saturated carbocycles. The lowest BCUT2D eigenvalue weighted by Crippen LogP contribution is -2.65. The van der Waals surface area contributed by atoms with E-state index in [-0.39, 0.29) is 11.9 Å². The number of primary amides is 1. The number of nitrogens with zero attached hydrogens (tertiary/aromatic N) is 1. The van der Waals surface area contributed by atoms with E-state index >= 15 is 0 Å². The van der Waals surface area contributed by atoms with Crippen LogP contribution in [0, 0.1) is 5.92 Å². The van der Waals surface area contributed by atoms with E-state index in [1.165, 1.54) is 0 Å². The van der Waals surface area contributed by atoms with Crippen LogP contribution in [0.1, 0.15) is 47.0 Å². The second-order valence-electron chi connectivity index (χ2n) is 6.08. The summed E-state index contributed by atoms with van der Waals surface area (Å²) in [6.07, 6.45) is 3.30. The van der Waals surface area contributed by atoms with Crippen LogP contribution in [-0.4, -0.2) is 42.0 Å². The first-order valence-electron chi connectivity index (χ1n) is 7.11. The first-order chi connectivity index (χ1) is 8.33. The number of hydrogen-bond acceptors (Lipinski definition) is 3. The van der Waals surface area contributed by atoms with E-state index in [0.29, 0.717) is 18.5 Å². The Bertz CT molecular complexity index is 289. The van der Waals surface area contributed by atoms with Crippen LogP contribution < -0.4 is 11.1 Å². The van der Waals surface area contributed by atoms with Crippen LogP contribution in [-0.2, 0) is 4.79 Å². The molecular formula is C14H29N3O. The van der Waals surface area contributed by atoms with Gasteiger partial charge in [-0.2, -0.15) is 0 Å². The van der Waals surface area contributed by atoms with Gasteiger partial charge in [0.2, 0.25) is 5.91 Å².